The number of anilines is 1. The summed E-state index contributed by atoms with van der Waals surface area (Å²) >= 11 is 0. The van der Waals surface area contributed by atoms with Crippen LogP contribution in [0, 0.1) is 19.3 Å². The molecule has 0 atom stereocenters. The summed E-state index contributed by atoms with van der Waals surface area (Å²) in [6.07, 6.45) is 6.46. The van der Waals surface area contributed by atoms with E-state index < -0.39 is 5.97 Å². The van der Waals surface area contributed by atoms with Gasteiger partial charge < -0.3 is 43.0 Å². The number of unbranched alkanes of at least 4 members (excludes halogenated alkanes) is 1. The van der Waals surface area contributed by atoms with Gasteiger partial charge in [-0.1, -0.05) is 11.0 Å². The fourth-order valence-corrected chi connectivity index (χ4v) is 3.85. The van der Waals surface area contributed by atoms with Crippen LogP contribution in [-0.4, -0.2) is 109 Å². The number of aryl methyl sites for hydroxylation is 2. The van der Waals surface area contributed by atoms with Crippen molar-refractivity contribution in [3.05, 3.63) is 35.9 Å². The van der Waals surface area contributed by atoms with Crippen LogP contribution < -0.4 is 15.2 Å². The van der Waals surface area contributed by atoms with Crippen molar-refractivity contribution in [2.45, 2.75) is 32.7 Å². The maximum Gasteiger partial charge on any atom is 0.303 e. The third-order valence-corrected chi connectivity index (χ3v) is 6.12. The van der Waals surface area contributed by atoms with E-state index in [4.69, 9.17) is 55.2 Å². The Balaban J connectivity index is 1.44. The molecule has 0 spiro atoms. The van der Waals surface area contributed by atoms with Gasteiger partial charge in [0.2, 0.25) is 0 Å². The van der Waals surface area contributed by atoms with Crippen LogP contribution in [0.4, 0.5) is 5.82 Å². The second-order valence-corrected chi connectivity index (χ2v) is 9.69. The molecule has 13 nitrogen and oxygen atoms in total. The van der Waals surface area contributed by atoms with Gasteiger partial charge in [-0.05, 0) is 49.6 Å². The maximum atomic E-state index is 10.7. The van der Waals surface area contributed by atoms with Crippen molar-refractivity contribution in [1.29, 1.82) is 0 Å². The zero-order valence-electron chi connectivity index (χ0n) is 26.3. The second-order valence-electron chi connectivity index (χ2n) is 9.69. The first kappa shape index (κ1) is 37.8. The van der Waals surface area contributed by atoms with Gasteiger partial charge in [0.15, 0.2) is 6.79 Å². The number of hydrogen-bond donors (Lipinski definition) is 2. The lowest BCUT2D eigenvalue weighted by molar-refractivity contribution is -0.739. The van der Waals surface area contributed by atoms with E-state index in [1.54, 1.807) is 4.68 Å². The Kier molecular flexibility index (Phi) is 20.9. The van der Waals surface area contributed by atoms with Crippen LogP contribution in [0.1, 0.15) is 24.8 Å². The number of benzene rings is 1. The molecule has 0 aliphatic heterocycles. The molecule has 2 rings (SSSR count). The molecular formula is C32H48N3O10+. The summed E-state index contributed by atoms with van der Waals surface area (Å²) in [7, 11) is 0. The van der Waals surface area contributed by atoms with Gasteiger partial charge in [0.05, 0.1) is 79.3 Å². The van der Waals surface area contributed by atoms with E-state index in [0.29, 0.717) is 117 Å². The van der Waals surface area contributed by atoms with Crippen molar-refractivity contribution in [1.82, 2.24) is 5.10 Å². The molecule has 0 saturated carbocycles. The molecule has 13 heteroatoms. The monoisotopic (exact) mass is 634 g/mol. The Morgan fingerprint density at radius 3 is 1.84 bits per heavy atom. The van der Waals surface area contributed by atoms with Crippen LogP contribution >= 0.6 is 0 Å². The van der Waals surface area contributed by atoms with Crippen molar-refractivity contribution < 1.29 is 52.5 Å². The fraction of sp³-hybridized carbons (Fsp3) is 0.594. The van der Waals surface area contributed by atoms with Gasteiger partial charge in [-0.25, -0.2) is 0 Å². The Hall–Kier alpha value is -3.35. The van der Waals surface area contributed by atoms with Crippen LogP contribution in [0.3, 0.4) is 0 Å². The molecule has 1 aromatic heterocycles. The molecule has 0 saturated heterocycles. The Morgan fingerprint density at radius 2 is 1.33 bits per heavy atom. The highest BCUT2D eigenvalue weighted by Crippen LogP contribution is 2.23. The van der Waals surface area contributed by atoms with Crippen molar-refractivity contribution in [3.63, 3.8) is 0 Å². The Bertz CT molecular complexity index is 1110. The van der Waals surface area contributed by atoms with Gasteiger partial charge >= 0.3 is 5.97 Å². The molecule has 1 heterocycles. The molecule has 3 N–H and O–H groups in total. The number of rotatable bonds is 28. The van der Waals surface area contributed by atoms with Gasteiger partial charge in [-0.3, -0.25) is 10.5 Å². The van der Waals surface area contributed by atoms with E-state index in [-0.39, 0.29) is 13.2 Å². The Labute approximate surface area is 265 Å². The van der Waals surface area contributed by atoms with Gasteiger partial charge in [0, 0.05) is 18.1 Å². The number of carboxylic acids is 1. The van der Waals surface area contributed by atoms with Crippen molar-refractivity contribution in [2.24, 2.45) is 0 Å². The highest BCUT2D eigenvalue weighted by Gasteiger charge is 2.14. The lowest BCUT2D eigenvalue weighted by Crippen LogP contribution is -2.41. The molecule has 2 aromatic rings. The number of carbonyl (C=O) groups is 1. The van der Waals surface area contributed by atoms with E-state index in [9.17, 15) is 4.79 Å². The molecule has 0 unspecified atom stereocenters. The molecule has 0 aliphatic rings. The first-order chi connectivity index (χ1) is 22.0. The average Bonchev–Trinajstić information content (AvgIpc) is 3.03. The van der Waals surface area contributed by atoms with Gasteiger partial charge in [-0.2, -0.15) is 0 Å². The van der Waals surface area contributed by atoms with Crippen LogP contribution in [0.15, 0.2) is 30.3 Å². The van der Waals surface area contributed by atoms with Crippen LogP contribution in [-0.2, 0) is 44.5 Å². The minimum absolute atomic E-state index is 0.102. The summed E-state index contributed by atoms with van der Waals surface area (Å²) in [6.45, 7) is 8.60. The number of nitrogen functional groups attached to an aromatic ring is 1. The van der Waals surface area contributed by atoms with E-state index in [1.807, 2.05) is 37.3 Å². The normalized spacial score (nSPS) is 11.0. The summed E-state index contributed by atoms with van der Waals surface area (Å²) in [5.74, 6) is 2.81. The second kappa shape index (κ2) is 24.9. The number of hydrogen-bond acceptors (Lipinski definition) is 11. The number of nitrogens with zero attached hydrogens (tertiary/aromatic N) is 2. The molecule has 0 radical (unpaired) electrons. The van der Waals surface area contributed by atoms with Gasteiger partial charge in [0.1, 0.15) is 24.6 Å². The first-order valence-corrected chi connectivity index (χ1v) is 15.1. The maximum absolute atomic E-state index is 10.7. The fourth-order valence-electron chi connectivity index (χ4n) is 3.85. The minimum Gasteiger partial charge on any atom is -0.481 e. The van der Waals surface area contributed by atoms with Crippen LogP contribution in [0.5, 0.6) is 5.75 Å². The third-order valence-electron chi connectivity index (χ3n) is 6.12. The molecule has 0 aliphatic carbocycles. The molecule has 1 aromatic carbocycles. The molecule has 0 fully saturated rings. The van der Waals surface area contributed by atoms with E-state index in [2.05, 4.69) is 11.0 Å². The summed E-state index contributed by atoms with van der Waals surface area (Å²) in [5.41, 5.74) is 8.80. The number of aromatic nitrogens is 2. The molecule has 250 valence electrons. The molecular weight excluding hydrogens is 586 g/mol. The summed E-state index contributed by atoms with van der Waals surface area (Å²) in [6, 6.07) is 9.45. The number of carboxylic acid groups (broad SMARTS) is 1. The summed E-state index contributed by atoms with van der Waals surface area (Å²) < 4.78 is 45.1. The predicted molar refractivity (Wildman–Crippen MR) is 166 cm³/mol. The van der Waals surface area contributed by atoms with E-state index in [0.717, 1.165) is 16.8 Å². The lowest BCUT2D eigenvalue weighted by atomic mass is 10.1. The summed E-state index contributed by atoms with van der Waals surface area (Å²) in [5, 5.41) is 13.5. The zero-order chi connectivity index (χ0) is 32.4. The van der Waals surface area contributed by atoms with Gasteiger partial charge in [0.25, 0.3) is 5.82 Å². The number of aliphatic carboxylic acids is 1. The SMILES string of the molecule is C#CCOCCOCCOCCOCCOCCOCCOCOc1ccc(-c2n[n+](CCCCC(=O)O)c(N)cc2C)cc1. The Morgan fingerprint density at radius 1 is 0.822 bits per heavy atom. The number of terminal acetylenes is 1. The van der Waals surface area contributed by atoms with Gasteiger partial charge in [-0.15, -0.1) is 11.1 Å². The lowest BCUT2D eigenvalue weighted by Gasteiger charge is -2.10. The molecule has 0 amide bonds. The largest absolute Gasteiger partial charge is 0.481 e. The number of ether oxygens (including phenoxy) is 8. The van der Waals surface area contributed by atoms with Crippen molar-refractivity contribution >= 4 is 11.8 Å². The standard InChI is InChI=1S/C32H47N3O10/c1-3-12-38-13-14-39-15-16-40-17-18-41-19-20-42-21-22-43-23-24-44-26-45-29-9-7-28(8-10-29)32-27(2)25-30(33)35(34-32)11-5-4-6-31(36)37/h1,7-10,25,33H,4-6,11-24,26H2,2H3,(H,36,37)/p+1. The first-order valence-electron chi connectivity index (χ1n) is 15.1. The third kappa shape index (κ3) is 18.3. The van der Waals surface area contributed by atoms with Crippen molar-refractivity contribution in [3.8, 4) is 29.4 Å². The van der Waals surface area contributed by atoms with E-state index >= 15 is 0 Å². The minimum atomic E-state index is -0.802. The predicted octanol–water partition coefficient (Wildman–Crippen LogP) is 2.27. The van der Waals surface area contributed by atoms with Crippen molar-refractivity contribution in [2.75, 3.05) is 98.4 Å². The summed E-state index contributed by atoms with van der Waals surface area (Å²) in [4.78, 5) is 10.7. The smallest absolute Gasteiger partial charge is 0.303 e. The molecule has 0 bridgehead atoms. The van der Waals surface area contributed by atoms with Crippen LogP contribution in [0.25, 0.3) is 11.3 Å². The zero-order valence-corrected chi connectivity index (χ0v) is 26.3. The number of nitrogens with two attached hydrogens (primary N) is 1. The quantitative estimate of drug-likeness (QED) is 0.0611. The van der Waals surface area contributed by atoms with Crippen LogP contribution in [0.2, 0.25) is 0 Å². The molecule has 45 heavy (non-hydrogen) atoms. The average molecular weight is 635 g/mol. The highest BCUT2D eigenvalue weighted by atomic mass is 16.7. The topological polar surface area (TPSA) is 154 Å². The van der Waals surface area contributed by atoms with E-state index in [1.165, 1.54) is 0 Å². The highest BCUT2D eigenvalue weighted by molar-refractivity contribution is 5.66.